The van der Waals surface area contributed by atoms with Gasteiger partial charge >= 0.3 is 5.97 Å². The number of carbonyl (C=O) groups excluding carboxylic acids is 1. The number of alkyl halides is 1. The zero-order valence-corrected chi connectivity index (χ0v) is 20.5. The van der Waals surface area contributed by atoms with Crippen molar-refractivity contribution in [3.63, 3.8) is 0 Å². The molecule has 1 aliphatic carbocycles. The number of ether oxygens (including phenoxy) is 1. The quantitative estimate of drug-likeness (QED) is 0.450. The van der Waals surface area contributed by atoms with Crippen LogP contribution in [0.4, 0.5) is 4.39 Å². The SMILES string of the molecule is COC(=O)c1ccc2c(c1C#N)CCCC(Br)=C2c1ccc(CC2CN(CCCF)C2)cc1. The molecule has 0 amide bonds. The number of esters is 1. The molecule has 0 spiro atoms. The summed E-state index contributed by atoms with van der Waals surface area (Å²) in [6, 6.07) is 14.6. The Bertz CT molecular complexity index is 1100. The molecule has 4 rings (SSSR count). The lowest BCUT2D eigenvalue weighted by molar-refractivity contribution is 0.0600. The van der Waals surface area contributed by atoms with Gasteiger partial charge in [-0.05, 0) is 71.9 Å². The van der Waals surface area contributed by atoms with Gasteiger partial charge in [0.2, 0.25) is 0 Å². The second kappa shape index (κ2) is 10.6. The number of methoxy groups -OCH3 is 1. The first-order valence-electron chi connectivity index (χ1n) is 11.5. The summed E-state index contributed by atoms with van der Waals surface area (Å²) in [6.45, 7) is 2.71. The minimum absolute atomic E-state index is 0.239. The van der Waals surface area contributed by atoms with Gasteiger partial charge in [0.15, 0.2) is 0 Å². The van der Waals surface area contributed by atoms with Crippen molar-refractivity contribution in [1.29, 1.82) is 5.26 Å². The van der Waals surface area contributed by atoms with E-state index >= 15 is 0 Å². The fourth-order valence-electron chi connectivity index (χ4n) is 4.97. The molecule has 1 saturated heterocycles. The Labute approximate surface area is 203 Å². The number of hydrogen-bond donors (Lipinski definition) is 0. The van der Waals surface area contributed by atoms with E-state index in [4.69, 9.17) is 4.74 Å². The summed E-state index contributed by atoms with van der Waals surface area (Å²) in [7, 11) is 1.34. The molecular weight excluding hydrogens is 483 g/mol. The van der Waals surface area contributed by atoms with Crippen LogP contribution < -0.4 is 0 Å². The summed E-state index contributed by atoms with van der Waals surface area (Å²) in [5.74, 6) is 0.154. The van der Waals surface area contributed by atoms with Gasteiger partial charge in [0.25, 0.3) is 0 Å². The van der Waals surface area contributed by atoms with Gasteiger partial charge in [-0.3, -0.25) is 4.39 Å². The molecule has 0 saturated carbocycles. The lowest BCUT2D eigenvalue weighted by Crippen LogP contribution is -2.47. The molecule has 0 unspecified atom stereocenters. The third kappa shape index (κ3) is 5.05. The summed E-state index contributed by atoms with van der Waals surface area (Å²) in [5.41, 5.74) is 6.14. The van der Waals surface area contributed by atoms with Gasteiger partial charge in [0.05, 0.1) is 24.9 Å². The molecule has 6 heteroatoms. The number of fused-ring (bicyclic) bond motifs is 1. The molecule has 4 nitrogen and oxygen atoms in total. The van der Waals surface area contributed by atoms with Crippen molar-refractivity contribution < 1.29 is 13.9 Å². The van der Waals surface area contributed by atoms with Crippen LogP contribution in [0, 0.1) is 17.2 Å². The summed E-state index contributed by atoms with van der Waals surface area (Å²) in [4.78, 5) is 14.5. The van der Waals surface area contributed by atoms with Crippen molar-refractivity contribution in [3.05, 3.63) is 74.3 Å². The van der Waals surface area contributed by atoms with E-state index in [0.29, 0.717) is 23.5 Å². The minimum atomic E-state index is -0.480. The maximum atomic E-state index is 12.3. The Morgan fingerprint density at radius 1 is 1.21 bits per heavy atom. The molecule has 2 aromatic rings. The molecular formula is C27H28BrFN2O2. The van der Waals surface area contributed by atoms with Gasteiger partial charge in [-0.15, -0.1) is 0 Å². The summed E-state index contributed by atoms with van der Waals surface area (Å²) in [6.07, 6.45) is 4.17. The number of halogens is 2. The maximum absolute atomic E-state index is 12.3. The average Bonchev–Trinajstić information content (AvgIpc) is 2.97. The molecule has 1 fully saturated rings. The first-order valence-corrected chi connectivity index (χ1v) is 12.3. The molecule has 0 radical (unpaired) electrons. The van der Waals surface area contributed by atoms with Crippen LogP contribution in [0.1, 0.15) is 57.4 Å². The molecule has 0 bridgehead atoms. The first-order chi connectivity index (χ1) is 16.0. The Morgan fingerprint density at radius 2 is 1.97 bits per heavy atom. The number of rotatable bonds is 7. The van der Waals surface area contributed by atoms with Crippen LogP contribution in [0.2, 0.25) is 0 Å². The molecule has 1 aliphatic heterocycles. The third-order valence-electron chi connectivity index (χ3n) is 6.60. The Balaban J connectivity index is 1.58. The highest BCUT2D eigenvalue weighted by Gasteiger charge is 2.27. The number of nitriles is 1. The number of nitrogens with zero attached hydrogens (tertiary/aromatic N) is 2. The van der Waals surface area contributed by atoms with Gasteiger partial charge in [-0.25, -0.2) is 4.79 Å². The standard InChI is InChI=1S/C27H28BrFN2O2/c1-33-27(32)23-11-10-22-21(24(23)15-30)4-2-5-25(28)26(22)20-8-6-18(7-9-20)14-19-16-31(17-19)13-3-12-29/h6-11,19H,2-5,12-14,16-17H2,1H3. The van der Waals surface area contributed by atoms with E-state index in [9.17, 15) is 14.4 Å². The molecule has 0 atom stereocenters. The smallest absolute Gasteiger partial charge is 0.339 e. The second-order valence-corrected chi connectivity index (χ2v) is 9.78. The van der Waals surface area contributed by atoms with Gasteiger partial charge in [-0.1, -0.05) is 46.3 Å². The number of hydrogen-bond acceptors (Lipinski definition) is 4. The maximum Gasteiger partial charge on any atom is 0.339 e. The van der Waals surface area contributed by atoms with Gasteiger partial charge < -0.3 is 9.64 Å². The fraction of sp³-hybridized carbons (Fsp3) is 0.407. The van der Waals surface area contributed by atoms with E-state index in [0.717, 1.165) is 72.1 Å². The average molecular weight is 511 g/mol. The van der Waals surface area contributed by atoms with Crippen molar-refractivity contribution in [2.45, 2.75) is 32.1 Å². The predicted molar refractivity (Wildman–Crippen MR) is 131 cm³/mol. The topological polar surface area (TPSA) is 53.3 Å². The molecule has 33 heavy (non-hydrogen) atoms. The largest absolute Gasteiger partial charge is 0.465 e. The van der Waals surface area contributed by atoms with Crippen molar-refractivity contribution in [2.24, 2.45) is 5.92 Å². The van der Waals surface area contributed by atoms with E-state index in [1.54, 1.807) is 6.07 Å². The molecule has 1 heterocycles. The highest BCUT2D eigenvalue weighted by atomic mass is 79.9. The molecule has 2 aliphatic rings. The van der Waals surface area contributed by atoms with Crippen LogP contribution in [0.3, 0.4) is 0 Å². The van der Waals surface area contributed by atoms with Crippen LogP contribution in [-0.4, -0.2) is 44.3 Å². The highest BCUT2D eigenvalue weighted by Crippen LogP contribution is 2.39. The highest BCUT2D eigenvalue weighted by molar-refractivity contribution is 9.11. The molecule has 0 N–H and O–H groups in total. The van der Waals surface area contributed by atoms with E-state index in [-0.39, 0.29) is 6.67 Å². The predicted octanol–water partition coefficient (Wildman–Crippen LogP) is 5.67. The first kappa shape index (κ1) is 23.7. The van der Waals surface area contributed by atoms with Crippen molar-refractivity contribution in [1.82, 2.24) is 4.90 Å². The molecule has 0 aromatic heterocycles. The molecule has 172 valence electrons. The Morgan fingerprint density at radius 3 is 2.64 bits per heavy atom. The molecule has 2 aromatic carbocycles. The van der Waals surface area contributed by atoms with Crippen molar-refractivity contribution in [3.8, 4) is 6.07 Å². The number of allylic oxidation sites excluding steroid dienone is 1. The van der Waals surface area contributed by atoms with E-state index in [2.05, 4.69) is 51.2 Å². The van der Waals surface area contributed by atoms with Crippen LogP contribution in [0.25, 0.3) is 5.57 Å². The van der Waals surface area contributed by atoms with E-state index in [1.165, 1.54) is 12.7 Å². The second-order valence-electron chi connectivity index (χ2n) is 8.82. The van der Waals surface area contributed by atoms with Crippen LogP contribution in [0.5, 0.6) is 0 Å². The number of benzene rings is 2. The summed E-state index contributed by atoms with van der Waals surface area (Å²) >= 11 is 3.80. The van der Waals surface area contributed by atoms with Gasteiger partial charge in [0, 0.05) is 24.1 Å². The minimum Gasteiger partial charge on any atom is -0.465 e. The monoisotopic (exact) mass is 510 g/mol. The summed E-state index contributed by atoms with van der Waals surface area (Å²) in [5, 5.41) is 9.84. The lowest BCUT2D eigenvalue weighted by Gasteiger charge is -2.39. The Hall–Kier alpha value is -2.49. The van der Waals surface area contributed by atoms with Gasteiger partial charge in [-0.2, -0.15) is 5.26 Å². The van der Waals surface area contributed by atoms with Gasteiger partial charge in [0.1, 0.15) is 6.07 Å². The fourth-order valence-corrected chi connectivity index (χ4v) is 5.69. The number of carbonyl (C=O) groups is 1. The van der Waals surface area contributed by atoms with Crippen LogP contribution in [0.15, 0.2) is 40.9 Å². The van der Waals surface area contributed by atoms with Crippen molar-refractivity contribution in [2.75, 3.05) is 33.4 Å². The van der Waals surface area contributed by atoms with Crippen molar-refractivity contribution >= 4 is 27.5 Å². The Kier molecular flexibility index (Phi) is 7.62. The zero-order valence-electron chi connectivity index (χ0n) is 18.9. The summed E-state index contributed by atoms with van der Waals surface area (Å²) < 4.78 is 18.3. The van der Waals surface area contributed by atoms with Crippen LogP contribution in [-0.2, 0) is 17.6 Å². The lowest BCUT2D eigenvalue weighted by atomic mass is 9.87. The van der Waals surface area contributed by atoms with E-state index in [1.807, 2.05) is 6.07 Å². The third-order valence-corrected chi connectivity index (χ3v) is 7.39. The van der Waals surface area contributed by atoms with Crippen LogP contribution >= 0.6 is 15.9 Å². The normalized spacial score (nSPS) is 16.5. The zero-order chi connectivity index (χ0) is 23.4. The number of likely N-dealkylation sites (tertiary alicyclic amines) is 1. The van der Waals surface area contributed by atoms with E-state index < -0.39 is 5.97 Å².